The number of nitrogens with zero attached hydrogens (tertiary/aromatic N) is 3. The molecule has 0 atom stereocenters. The van der Waals surface area contributed by atoms with Crippen LogP contribution in [0.5, 0.6) is 0 Å². The van der Waals surface area contributed by atoms with Gasteiger partial charge >= 0.3 is 0 Å². The van der Waals surface area contributed by atoms with Crippen LogP contribution in [0.1, 0.15) is 62.8 Å². The number of aromatic nitrogens is 2. The molecule has 144 valence electrons. The first-order valence-corrected chi connectivity index (χ1v) is 10.8. The van der Waals surface area contributed by atoms with Crippen LogP contribution in [-0.4, -0.2) is 39.4 Å². The Labute approximate surface area is 161 Å². The molecular weight excluding hydrogens is 364 g/mol. The molecule has 0 radical (unpaired) electrons. The lowest BCUT2D eigenvalue weighted by Gasteiger charge is -2.55. The molecule has 0 spiro atoms. The maximum Gasteiger partial charge on any atom is 0.229 e. The quantitative estimate of drug-likeness (QED) is 0.783. The van der Waals surface area contributed by atoms with E-state index in [-0.39, 0.29) is 48.9 Å². The highest BCUT2D eigenvalue weighted by molar-refractivity contribution is 7.15. The van der Waals surface area contributed by atoms with Crippen molar-refractivity contribution in [3.8, 4) is 0 Å². The van der Waals surface area contributed by atoms with Gasteiger partial charge in [0.05, 0.1) is 0 Å². The Morgan fingerprint density at radius 3 is 2.22 bits per heavy atom. The molecule has 1 N–H and O–H groups in total. The third-order valence-corrected chi connectivity index (χ3v) is 7.97. The van der Waals surface area contributed by atoms with Crippen molar-refractivity contribution in [2.24, 2.45) is 17.8 Å². The smallest absolute Gasteiger partial charge is 0.229 e. The predicted octanol–water partition coefficient (Wildman–Crippen LogP) is 2.48. The molecule has 27 heavy (non-hydrogen) atoms. The van der Waals surface area contributed by atoms with Crippen molar-refractivity contribution in [2.45, 2.75) is 63.2 Å². The monoisotopic (exact) mass is 388 g/mol. The van der Waals surface area contributed by atoms with Gasteiger partial charge in [0.15, 0.2) is 0 Å². The number of likely N-dealkylation sites (tertiary alicyclic amines) is 1. The maximum atomic E-state index is 12.2. The summed E-state index contributed by atoms with van der Waals surface area (Å²) in [5.74, 6) is 1.92. The summed E-state index contributed by atoms with van der Waals surface area (Å²) in [6.45, 7) is 0.143. The second-order valence-corrected chi connectivity index (χ2v) is 9.83. The van der Waals surface area contributed by atoms with Gasteiger partial charge in [0.2, 0.25) is 22.9 Å². The highest BCUT2D eigenvalue weighted by Crippen LogP contribution is 2.61. The summed E-state index contributed by atoms with van der Waals surface area (Å²) in [7, 11) is 0. The lowest BCUT2D eigenvalue weighted by atomic mass is 9.50. The van der Waals surface area contributed by atoms with Crippen LogP contribution in [0.15, 0.2) is 0 Å². The number of amides is 3. The predicted molar refractivity (Wildman–Crippen MR) is 99.0 cm³/mol. The van der Waals surface area contributed by atoms with E-state index in [2.05, 4.69) is 15.5 Å². The Bertz CT molecular complexity index is 753. The molecular formula is C19H24N4O3S. The Balaban J connectivity index is 1.22. The van der Waals surface area contributed by atoms with Gasteiger partial charge < -0.3 is 5.32 Å². The summed E-state index contributed by atoms with van der Waals surface area (Å²) in [6, 6.07) is 0. The van der Waals surface area contributed by atoms with Crippen molar-refractivity contribution in [2.75, 3.05) is 11.9 Å². The van der Waals surface area contributed by atoms with Crippen LogP contribution in [0, 0.1) is 17.8 Å². The Kier molecular flexibility index (Phi) is 4.07. The topological polar surface area (TPSA) is 92.3 Å². The van der Waals surface area contributed by atoms with Crippen molar-refractivity contribution >= 4 is 34.2 Å². The van der Waals surface area contributed by atoms with Crippen LogP contribution in [0.2, 0.25) is 0 Å². The average Bonchev–Trinajstić information content (AvgIpc) is 3.20. The van der Waals surface area contributed by atoms with Gasteiger partial charge in [0.25, 0.3) is 0 Å². The van der Waals surface area contributed by atoms with Crippen molar-refractivity contribution < 1.29 is 14.4 Å². The number of rotatable bonds is 5. The zero-order valence-corrected chi connectivity index (χ0v) is 16.1. The van der Waals surface area contributed by atoms with Gasteiger partial charge in [-0.3, -0.25) is 19.3 Å². The standard InChI is InChI=1S/C19H24N4O3S/c24-14(3-4-23-15(25)1-2-16(23)26)20-18-22-21-17(27-18)19-8-11-5-12(9-19)7-13(6-11)10-19/h11-13H,1-10H2,(H,20,22,24). The molecule has 8 heteroatoms. The summed E-state index contributed by atoms with van der Waals surface area (Å²) in [5, 5.41) is 13.1. The lowest BCUT2D eigenvalue weighted by molar-refractivity contribution is -0.138. The molecule has 1 aromatic rings. The van der Waals surface area contributed by atoms with E-state index < -0.39 is 0 Å². The van der Waals surface area contributed by atoms with Crippen molar-refractivity contribution in [1.82, 2.24) is 15.1 Å². The molecule has 0 aromatic carbocycles. The lowest BCUT2D eigenvalue weighted by Crippen LogP contribution is -2.48. The largest absolute Gasteiger partial charge is 0.300 e. The van der Waals surface area contributed by atoms with Gasteiger partial charge in [0.1, 0.15) is 5.01 Å². The highest BCUT2D eigenvalue weighted by Gasteiger charge is 2.53. The van der Waals surface area contributed by atoms with Gasteiger partial charge in [-0.2, -0.15) is 0 Å². The fourth-order valence-corrected chi connectivity index (χ4v) is 7.11. The first-order valence-electron chi connectivity index (χ1n) is 9.98. The third kappa shape index (κ3) is 3.07. The van der Waals surface area contributed by atoms with Crippen LogP contribution < -0.4 is 5.32 Å². The summed E-state index contributed by atoms with van der Waals surface area (Å²) in [6.07, 6.45) is 8.43. The first-order chi connectivity index (χ1) is 13.0. The third-order valence-electron chi connectivity index (χ3n) is 6.88. The second-order valence-electron chi connectivity index (χ2n) is 8.85. The minimum atomic E-state index is -0.226. The van der Waals surface area contributed by atoms with Gasteiger partial charge in [-0.25, -0.2) is 0 Å². The Hall–Kier alpha value is -1.83. The second kappa shape index (κ2) is 6.36. The molecule has 0 unspecified atom stereocenters. The van der Waals surface area contributed by atoms with E-state index in [0.717, 1.165) is 22.8 Å². The van der Waals surface area contributed by atoms with Crippen molar-refractivity contribution in [1.29, 1.82) is 0 Å². The molecule has 5 aliphatic rings. The van der Waals surface area contributed by atoms with Gasteiger partial charge in [-0.15, -0.1) is 10.2 Å². The minimum absolute atomic E-state index is 0.101. The number of nitrogens with one attached hydrogen (secondary N) is 1. The molecule has 3 amide bonds. The van der Waals surface area contributed by atoms with E-state index in [1.807, 2.05) is 0 Å². The van der Waals surface area contributed by atoms with Crippen molar-refractivity contribution in [3.05, 3.63) is 5.01 Å². The molecule has 4 bridgehead atoms. The van der Waals surface area contributed by atoms with E-state index in [1.54, 1.807) is 0 Å². The Morgan fingerprint density at radius 1 is 1.04 bits per heavy atom. The molecule has 5 fully saturated rings. The SMILES string of the molecule is O=C(CCN1C(=O)CCC1=O)Nc1nnc(C23CC4CC(CC(C4)C2)C3)s1. The van der Waals surface area contributed by atoms with Crippen molar-refractivity contribution in [3.63, 3.8) is 0 Å². The summed E-state index contributed by atoms with van der Waals surface area (Å²) in [5.41, 5.74) is 0.184. The van der Waals surface area contributed by atoms with Crippen LogP contribution in [0.25, 0.3) is 0 Å². The number of carbonyl (C=O) groups excluding carboxylic acids is 3. The molecule has 7 nitrogen and oxygen atoms in total. The van der Waals surface area contributed by atoms with E-state index in [4.69, 9.17) is 0 Å². The summed E-state index contributed by atoms with van der Waals surface area (Å²) >= 11 is 1.51. The minimum Gasteiger partial charge on any atom is -0.300 e. The number of carbonyl (C=O) groups is 3. The number of anilines is 1. The molecule has 1 aliphatic heterocycles. The van der Waals surface area contributed by atoms with E-state index in [9.17, 15) is 14.4 Å². The van der Waals surface area contributed by atoms with Gasteiger partial charge in [0, 0.05) is 31.2 Å². The van der Waals surface area contributed by atoms with E-state index in [0.29, 0.717) is 5.13 Å². The van der Waals surface area contributed by atoms with E-state index in [1.165, 1.54) is 54.8 Å². The van der Waals surface area contributed by atoms with Crippen LogP contribution in [-0.2, 0) is 19.8 Å². The zero-order chi connectivity index (χ0) is 18.6. The number of imide groups is 1. The first kappa shape index (κ1) is 17.3. The number of hydrogen-bond acceptors (Lipinski definition) is 6. The molecule has 6 rings (SSSR count). The number of hydrogen-bond donors (Lipinski definition) is 1. The van der Waals surface area contributed by atoms with Crippen LogP contribution in [0.4, 0.5) is 5.13 Å². The fourth-order valence-electron chi connectivity index (χ4n) is 6.13. The van der Waals surface area contributed by atoms with E-state index >= 15 is 0 Å². The Morgan fingerprint density at radius 2 is 1.63 bits per heavy atom. The highest BCUT2D eigenvalue weighted by atomic mass is 32.1. The molecule has 2 heterocycles. The molecule has 1 aromatic heterocycles. The average molecular weight is 388 g/mol. The van der Waals surface area contributed by atoms with Gasteiger partial charge in [-0.05, 0) is 56.3 Å². The van der Waals surface area contributed by atoms with Crippen LogP contribution >= 0.6 is 11.3 Å². The summed E-state index contributed by atoms with van der Waals surface area (Å²) in [4.78, 5) is 36.6. The molecule has 1 saturated heterocycles. The fraction of sp³-hybridized carbons (Fsp3) is 0.737. The molecule has 4 aliphatic carbocycles. The normalized spacial score (nSPS) is 34.5. The maximum absolute atomic E-state index is 12.2. The molecule has 4 saturated carbocycles. The van der Waals surface area contributed by atoms with Gasteiger partial charge in [-0.1, -0.05) is 11.3 Å². The zero-order valence-electron chi connectivity index (χ0n) is 15.3. The van der Waals surface area contributed by atoms with Crippen LogP contribution in [0.3, 0.4) is 0 Å². The summed E-state index contributed by atoms with van der Waals surface area (Å²) < 4.78 is 0.